The lowest BCUT2D eigenvalue weighted by Gasteiger charge is -1.92. The summed E-state index contributed by atoms with van der Waals surface area (Å²) in [6, 6.07) is 5.68. The number of halogens is 1. The number of rotatable bonds is 2. The molecular formula is C10H8INO3. The molecule has 4 nitrogen and oxygen atoms in total. The molecule has 78 valence electrons. The normalized spacial score (nSPS) is 10.5. The minimum Gasteiger partial charge on any atom is -0.469 e. The van der Waals surface area contributed by atoms with Gasteiger partial charge in [0.1, 0.15) is 11.9 Å². The standard InChI is InChI=1S/C10H8INO3/c1-14-10(13)5-9-12-7-3-2-6(11)4-8(7)15-9/h2-4H,5H2,1H3. The maximum Gasteiger partial charge on any atom is 0.314 e. The van der Waals surface area contributed by atoms with E-state index in [9.17, 15) is 4.79 Å². The van der Waals surface area contributed by atoms with Crippen LogP contribution in [0.1, 0.15) is 5.89 Å². The van der Waals surface area contributed by atoms with E-state index in [0.717, 1.165) is 9.09 Å². The van der Waals surface area contributed by atoms with E-state index in [0.29, 0.717) is 11.5 Å². The van der Waals surface area contributed by atoms with E-state index < -0.39 is 0 Å². The number of aromatic nitrogens is 1. The van der Waals surface area contributed by atoms with Crippen LogP contribution in [0.4, 0.5) is 0 Å². The Hall–Kier alpha value is -1.11. The van der Waals surface area contributed by atoms with Crippen molar-refractivity contribution in [1.82, 2.24) is 4.98 Å². The number of methoxy groups -OCH3 is 1. The fraction of sp³-hybridized carbons (Fsp3) is 0.200. The van der Waals surface area contributed by atoms with Crippen molar-refractivity contribution in [3.05, 3.63) is 27.7 Å². The fourth-order valence-corrected chi connectivity index (χ4v) is 1.68. The Morgan fingerprint density at radius 2 is 2.40 bits per heavy atom. The molecule has 0 aliphatic heterocycles. The van der Waals surface area contributed by atoms with Crippen molar-refractivity contribution in [2.75, 3.05) is 7.11 Å². The Kier molecular flexibility index (Phi) is 2.90. The molecule has 1 heterocycles. The molecular weight excluding hydrogens is 309 g/mol. The predicted octanol–water partition coefficient (Wildman–Crippen LogP) is 2.15. The number of oxazole rings is 1. The third-order valence-corrected chi connectivity index (χ3v) is 2.59. The summed E-state index contributed by atoms with van der Waals surface area (Å²) in [5.41, 5.74) is 1.45. The largest absolute Gasteiger partial charge is 0.469 e. The summed E-state index contributed by atoms with van der Waals surface area (Å²) in [7, 11) is 1.34. The maximum atomic E-state index is 11.0. The molecule has 0 atom stereocenters. The zero-order chi connectivity index (χ0) is 10.8. The van der Waals surface area contributed by atoms with Gasteiger partial charge in [-0.25, -0.2) is 4.98 Å². The number of hydrogen-bond donors (Lipinski definition) is 0. The van der Waals surface area contributed by atoms with Crippen LogP contribution < -0.4 is 0 Å². The monoisotopic (exact) mass is 317 g/mol. The topological polar surface area (TPSA) is 52.3 Å². The van der Waals surface area contributed by atoms with Crippen molar-refractivity contribution < 1.29 is 13.9 Å². The van der Waals surface area contributed by atoms with Gasteiger partial charge in [0, 0.05) is 3.57 Å². The molecule has 5 heteroatoms. The molecule has 2 aromatic rings. The highest BCUT2D eigenvalue weighted by Crippen LogP contribution is 2.18. The Morgan fingerprint density at radius 1 is 1.60 bits per heavy atom. The molecule has 0 amide bonds. The van der Waals surface area contributed by atoms with E-state index in [1.54, 1.807) is 0 Å². The number of fused-ring (bicyclic) bond motifs is 1. The Bertz CT molecular complexity index is 506. The van der Waals surface area contributed by atoms with Crippen molar-refractivity contribution in [3.63, 3.8) is 0 Å². The van der Waals surface area contributed by atoms with Gasteiger partial charge in [0.15, 0.2) is 5.58 Å². The molecule has 1 aromatic heterocycles. The number of ether oxygens (including phenoxy) is 1. The molecule has 0 bridgehead atoms. The molecule has 0 aliphatic rings. The molecule has 0 unspecified atom stereocenters. The summed E-state index contributed by atoms with van der Waals surface area (Å²) < 4.78 is 11.0. The lowest BCUT2D eigenvalue weighted by atomic mass is 10.3. The summed E-state index contributed by atoms with van der Waals surface area (Å²) >= 11 is 2.19. The molecule has 0 fully saturated rings. The number of carbonyl (C=O) groups is 1. The highest BCUT2D eigenvalue weighted by Gasteiger charge is 2.10. The zero-order valence-electron chi connectivity index (χ0n) is 7.99. The van der Waals surface area contributed by atoms with Crippen molar-refractivity contribution >= 4 is 39.7 Å². The number of esters is 1. The first-order chi connectivity index (χ1) is 7.19. The first-order valence-corrected chi connectivity index (χ1v) is 5.38. The lowest BCUT2D eigenvalue weighted by molar-refractivity contribution is -0.140. The van der Waals surface area contributed by atoms with Gasteiger partial charge in [-0.05, 0) is 40.8 Å². The highest BCUT2D eigenvalue weighted by molar-refractivity contribution is 14.1. The minimum atomic E-state index is -0.351. The average molecular weight is 317 g/mol. The molecule has 2 rings (SSSR count). The van der Waals surface area contributed by atoms with E-state index in [1.807, 2.05) is 18.2 Å². The number of hydrogen-bond acceptors (Lipinski definition) is 4. The highest BCUT2D eigenvalue weighted by atomic mass is 127. The van der Waals surface area contributed by atoms with Crippen molar-refractivity contribution in [2.45, 2.75) is 6.42 Å². The molecule has 0 radical (unpaired) electrons. The minimum absolute atomic E-state index is 0.0712. The average Bonchev–Trinajstić information content (AvgIpc) is 2.59. The van der Waals surface area contributed by atoms with Crippen LogP contribution in [0.15, 0.2) is 22.6 Å². The number of carbonyl (C=O) groups excluding carboxylic acids is 1. The lowest BCUT2D eigenvalue weighted by Crippen LogP contribution is -2.04. The van der Waals surface area contributed by atoms with Gasteiger partial charge in [-0.3, -0.25) is 4.79 Å². The Labute approximate surface area is 99.8 Å². The molecule has 0 saturated carbocycles. The van der Waals surface area contributed by atoms with Crippen LogP contribution >= 0.6 is 22.6 Å². The second-order valence-electron chi connectivity index (χ2n) is 2.97. The third kappa shape index (κ3) is 2.28. The van der Waals surface area contributed by atoms with Crippen LogP contribution in [0, 0.1) is 3.57 Å². The first-order valence-electron chi connectivity index (χ1n) is 4.31. The second kappa shape index (κ2) is 4.18. The van der Waals surface area contributed by atoms with Crippen molar-refractivity contribution in [1.29, 1.82) is 0 Å². The van der Waals surface area contributed by atoms with E-state index in [1.165, 1.54) is 7.11 Å². The molecule has 0 spiro atoms. The molecule has 0 aliphatic carbocycles. The molecule has 1 aromatic carbocycles. The van der Waals surface area contributed by atoms with Gasteiger partial charge in [-0.2, -0.15) is 0 Å². The van der Waals surface area contributed by atoms with Crippen LogP contribution in [0.3, 0.4) is 0 Å². The maximum absolute atomic E-state index is 11.0. The first kappa shape index (κ1) is 10.4. The second-order valence-corrected chi connectivity index (χ2v) is 4.22. The van der Waals surface area contributed by atoms with Crippen LogP contribution in [0.2, 0.25) is 0 Å². The number of nitrogens with zero attached hydrogens (tertiary/aromatic N) is 1. The summed E-state index contributed by atoms with van der Waals surface area (Å²) in [6.07, 6.45) is 0.0712. The van der Waals surface area contributed by atoms with Crippen LogP contribution in [-0.4, -0.2) is 18.1 Å². The van der Waals surface area contributed by atoms with Gasteiger partial charge in [0.25, 0.3) is 0 Å². The van der Waals surface area contributed by atoms with Crippen molar-refractivity contribution in [3.8, 4) is 0 Å². The SMILES string of the molecule is COC(=O)Cc1nc2ccc(I)cc2o1. The predicted molar refractivity (Wildman–Crippen MR) is 62.4 cm³/mol. The van der Waals surface area contributed by atoms with E-state index in [2.05, 4.69) is 32.3 Å². The smallest absolute Gasteiger partial charge is 0.314 e. The summed E-state index contributed by atoms with van der Waals surface area (Å²) in [5, 5.41) is 0. The van der Waals surface area contributed by atoms with Crippen LogP contribution in [-0.2, 0) is 16.0 Å². The zero-order valence-corrected chi connectivity index (χ0v) is 10.1. The van der Waals surface area contributed by atoms with E-state index in [-0.39, 0.29) is 12.4 Å². The number of benzene rings is 1. The Morgan fingerprint density at radius 3 is 3.13 bits per heavy atom. The summed E-state index contributed by atoms with van der Waals surface area (Å²) in [5.74, 6) is 0.0371. The summed E-state index contributed by atoms with van der Waals surface area (Å²) in [6.45, 7) is 0. The van der Waals surface area contributed by atoms with Gasteiger partial charge in [-0.1, -0.05) is 0 Å². The van der Waals surface area contributed by atoms with Gasteiger partial charge < -0.3 is 9.15 Å². The van der Waals surface area contributed by atoms with Crippen molar-refractivity contribution in [2.24, 2.45) is 0 Å². The summed E-state index contributed by atoms with van der Waals surface area (Å²) in [4.78, 5) is 15.2. The van der Waals surface area contributed by atoms with Gasteiger partial charge in [-0.15, -0.1) is 0 Å². The molecule has 0 N–H and O–H groups in total. The molecule has 0 saturated heterocycles. The van der Waals surface area contributed by atoms with E-state index in [4.69, 9.17) is 4.42 Å². The van der Waals surface area contributed by atoms with E-state index >= 15 is 0 Å². The fourth-order valence-electron chi connectivity index (χ4n) is 1.22. The van der Waals surface area contributed by atoms with Crippen LogP contribution in [0.5, 0.6) is 0 Å². The quantitative estimate of drug-likeness (QED) is 0.629. The Balaban J connectivity index is 2.34. The van der Waals surface area contributed by atoms with Crippen LogP contribution in [0.25, 0.3) is 11.1 Å². The third-order valence-electron chi connectivity index (χ3n) is 1.92. The molecule has 15 heavy (non-hydrogen) atoms. The van der Waals surface area contributed by atoms with Gasteiger partial charge in [0.05, 0.1) is 7.11 Å². The van der Waals surface area contributed by atoms with Gasteiger partial charge >= 0.3 is 5.97 Å². The van der Waals surface area contributed by atoms with Gasteiger partial charge in [0.2, 0.25) is 5.89 Å².